The van der Waals surface area contributed by atoms with Crippen LogP contribution in [-0.4, -0.2) is 12.3 Å². The number of hydrogen-bond acceptors (Lipinski definition) is 3. The van der Waals surface area contributed by atoms with Crippen molar-refractivity contribution >= 4 is 6.16 Å². The van der Waals surface area contributed by atoms with E-state index in [0.29, 0.717) is 11.8 Å². The summed E-state index contributed by atoms with van der Waals surface area (Å²) in [5, 5.41) is 0. The van der Waals surface area contributed by atoms with Crippen molar-refractivity contribution in [3.63, 3.8) is 0 Å². The van der Waals surface area contributed by atoms with Crippen molar-refractivity contribution in [3.05, 3.63) is 7.11 Å². The molecule has 0 saturated heterocycles. The molecule has 83 valence electrons. The van der Waals surface area contributed by atoms with E-state index >= 15 is 0 Å². The first kappa shape index (κ1) is 9.49. The van der Waals surface area contributed by atoms with Crippen molar-refractivity contribution < 1.29 is 14.3 Å². The monoisotopic (exact) mass is 209 g/mol. The van der Waals surface area contributed by atoms with Crippen LogP contribution in [0.25, 0.3) is 0 Å². The van der Waals surface area contributed by atoms with Crippen LogP contribution in [0.2, 0.25) is 0 Å². The Morgan fingerprint density at radius 1 is 1.00 bits per heavy atom. The van der Waals surface area contributed by atoms with Crippen LogP contribution >= 0.6 is 0 Å². The summed E-state index contributed by atoms with van der Waals surface area (Å²) in [6, 6.07) is 0. The number of hydrogen-bond donors (Lipinski definition) is 0. The van der Waals surface area contributed by atoms with E-state index in [2.05, 4.69) is 11.8 Å². The molecule has 0 aliphatic heterocycles. The number of ether oxygens (including phenoxy) is 2. The van der Waals surface area contributed by atoms with Gasteiger partial charge < -0.3 is 9.47 Å². The smallest absolute Gasteiger partial charge is 0.431 e. The molecule has 0 amide bonds. The van der Waals surface area contributed by atoms with E-state index in [4.69, 9.17) is 4.74 Å². The molecule has 4 aliphatic carbocycles. The summed E-state index contributed by atoms with van der Waals surface area (Å²) in [4.78, 5) is 11.1. The Kier molecular flexibility index (Phi) is 2.15. The van der Waals surface area contributed by atoms with E-state index in [9.17, 15) is 4.79 Å². The van der Waals surface area contributed by atoms with Crippen LogP contribution in [-0.2, 0) is 9.47 Å². The Hall–Kier alpha value is -0.730. The number of carbonyl (C=O) groups excluding carboxylic acids is 1. The summed E-state index contributed by atoms with van der Waals surface area (Å²) in [6.45, 7) is 0. The highest BCUT2D eigenvalue weighted by atomic mass is 16.7. The van der Waals surface area contributed by atoms with Crippen LogP contribution in [0, 0.1) is 30.8 Å². The van der Waals surface area contributed by atoms with E-state index in [1.54, 1.807) is 0 Å². The van der Waals surface area contributed by atoms with Gasteiger partial charge in [-0.3, -0.25) is 0 Å². The summed E-state index contributed by atoms with van der Waals surface area (Å²) >= 11 is 0. The molecule has 3 heteroatoms. The lowest BCUT2D eigenvalue weighted by atomic mass is 9.55. The van der Waals surface area contributed by atoms with Gasteiger partial charge in [0, 0.05) is 0 Å². The summed E-state index contributed by atoms with van der Waals surface area (Å²) in [5.41, 5.74) is 0. The molecule has 0 N–H and O–H groups in total. The van der Waals surface area contributed by atoms with Crippen LogP contribution in [0.3, 0.4) is 0 Å². The molecule has 0 atom stereocenters. The molecule has 0 unspecified atom stereocenters. The predicted octanol–water partition coefficient (Wildman–Crippen LogP) is 2.76. The second-order valence-electron chi connectivity index (χ2n) is 5.41. The lowest BCUT2D eigenvalue weighted by Crippen LogP contribution is -2.50. The number of carbonyl (C=O) groups is 1. The second kappa shape index (κ2) is 3.39. The number of rotatable bonds is 1. The van der Waals surface area contributed by atoms with E-state index < -0.39 is 6.16 Å². The van der Waals surface area contributed by atoms with Gasteiger partial charge in [-0.2, -0.15) is 0 Å². The maximum Gasteiger partial charge on any atom is 0.508 e. The molecule has 0 aromatic carbocycles. The fourth-order valence-electron chi connectivity index (χ4n) is 4.21. The van der Waals surface area contributed by atoms with Gasteiger partial charge in [0.25, 0.3) is 0 Å². The molecule has 4 saturated carbocycles. The molecule has 0 aromatic rings. The largest absolute Gasteiger partial charge is 0.508 e. The van der Waals surface area contributed by atoms with Crippen molar-refractivity contribution in [2.75, 3.05) is 0 Å². The minimum atomic E-state index is -0.604. The molecule has 4 fully saturated rings. The van der Waals surface area contributed by atoms with Crippen molar-refractivity contribution in [1.82, 2.24) is 0 Å². The molecule has 4 aliphatic rings. The first-order valence-corrected chi connectivity index (χ1v) is 5.89. The summed E-state index contributed by atoms with van der Waals surface area (Å²) in [7, 11) is 3.09. The zero-order valence-electron chi connectivity index (χ0n) is 8.85. The minimum Gasteiger partial charge on any atom is -0.431 e. The quantitative estimate of drug-likeness (QED) is 0.623. The van der Waals surface area contributed by atoms with Gasteiger partial charge in [0.1, 0.15) is 13.2 Å². The molecule has 4 bridgehead atoms. The Bertz CT molecular complexity index is 246. The van der Waals surface area contributed by atoms with E-state index in [1.807, 2.05) is 0 Å². The summed E-state index contributed by atoms with van der Waals surface area (Å²) in [5.74, 6) is 3.01. The normalized spacial score (nSPS) is 46.6. The molecule has 0 spiro atoms. The average Bonchev–Trinajstić information content (AvgIpc) is 2.22. The van der Waals surface area contributed by atoms with Gasteiger partial charge in [-0.05, 0) is 55.8 Å². The Labute approximate surface area is 90.1 Å². The topological polar surface area (TPSA) is 35.5 Å². The minimum absolute atomic E-state index is 0.118. The van der Waals surface area contributed by atoms with Crippen molar-refractivity contribution in [2.24, 2.45) is 23.7 Å². The van der Waals surface area contributed by atoms with E-state index in [-0.39, 0.29) is 6.10 Å². The Morgan fingerprint density at radius 2 is 1.53 bits per heavy atom. The molecule has 4 rings (SSSR count). The summed E-state index contributed by atoms with van der Waals surface area (Å²) < 4.78 is 9.70. The van der Waals surface area contributed by atoms with Gasteiger partial charge in [-0.25, -0.2) is 4.79 Å². The van der Waals surface area contributed by atoms with Crippen LogP contribution in [0.5, 0.6) is 0 Å². The molecule has 0 heterocycles. The Morgan fingerprint density at radius 3 is 2.00 bits per heavy atom. The van der Waals surface area contributed by atoms with Crippen LogP contribution in [0.15, 0.2) is 0 Å². The Balaban J connectivity index is 1.72. The maximum absolute atomic E-state index is 11.1. The van der Waals surface area contributed by atoms with Gasteiger partial charge in [0.15, 0.2) is 0 Å². The predicted molar refractivity (Wildman–Crippen MR) is 53.8 cm³/mol. The molecule has 1 radical (unpaired) electrons. The summed E-state index contributed by atoms with van der Waals surface area (Å²) in [6.07, 6.45) is 5.94. The third-order valence-corrected chi connectivity index (χ3v) is 4.49. The van der Waals surface area contributed by atoms with Crippen molar-refractivity contribution in [2.45, 2.75) is 38.2 Å². The van der Waals surface area contributed by atoms with E-state index in [1.165, 1.54) is 32.1 Å². The fourth-order valence-corrected chi connectivity index (χ4v) is 4.21. The zero-order valence-corrected chi connectivity index (χ0v) is 8.85. The average molecular weight is 209 g/mol. The molecule has 15 heavy (non-hydrogen) atoms. The first-order chi connectivity index (χ1) is 7.26. The molecular formula is C12H17O3. The van der Waals surface area contributed by atoms with Crippen LogP contribution < -0.4 is 0 Å². The first-order valence-electron chi connectivity index (χ1n) is 5.89. The lowest BCUT2D eigenvalue weighted by molar-refractivity contribution is -0.107. The van der Waals surface area contributed by atoms with Gasteiger partial charge in [-0.1, -0.05) is 0 Å². The molecule has 0 aromatic heterocycles. The highest BCUT2D eigenvalue weighted by molar-refractivity contribution is 5.60. The van der Waals surface area contributed by atoms with Gasteiger partial charge in [0.2, 0.25) is 0 Å². The second-order valence-corrected chi connectivity index (χ2v) is 5.41. The molecule has 3 nitrogen and oxygen atoms in total. The highest BCUT2D eigenvalue weighted by Gasteiger charge is 2.50. The third kappa shape index (κ3) is 1.52. The standard InChI is InChI=1S/C12H17O3/c1-14-12(13)15-11-9-3-7-2-8(5-9)6-10(11)4-7/h7-11H,1-6H2. The van der Waals surface area contributed by atoms with Gasteiger partial charge >= 0.3 is 6.16 Å². The maximum atomic E-state index is 11.1. The SMILES string of the molecule is [CH2]OC(=O)OC1C2CC3CC(C2)CC1C3. The van der Waals surface area contributed by atoms with Crippen LogP contribution in [0.4, 0.5) is 4.79 Å². The highest BCUT2D eigenvalue weighted by Crippen LogP contribution is 2.54. The van der Waals surface area contributed by atoms with E-state index in [0.717, 1.165) is 11.8 Å². The third-order valence-electron chi connectivity index (χ3n) is 4.49. The lowest BCUT2D eigenvalue weighted by Gasteiger charge is -2.53. The molecular weight excluding hydrogens is 192 g/mol. The van der Waals surface area contributed by atoms with Gasteiger partial charge in [0.05, 0.1) is 0 Å². The van der Waals surface area contributed by atoms with Gasteiger partial charge in [-0.15, -0.1) is 0 Å². The fraction of sp³-hybridized carbons (Fsp3) is 0.833. The van der Waals surface area contributed by atoms with Crippen molar-refractivity contribution in [1.29, 1.82) is 0 Å². The van der Waals surface area contributed by atoms with Crippen molar-refractivity contribution in [3.8, 4) is 0 Å². The zero-order chi connectivity index (χ0) is 10.4. The van der Waals surface area contributed by atoms with Crippen LogP contribution in [0.1, 0.15) is 32.1 Å².